The van der Waals surface area contributed by atoms with Crippen LogP contribution in [0.1, 0.15) is 18.1 Å². The number of carbonyl (C=O) groups is 2. The molecular formula is C20H25N3O5S. The lowest BCUT2D eigenvalue weighted by atomic mass is 10.1. The second-order valence-corrected chi connectivity index (χ2v) is 8.13. The van der Waals surface area contributed by atoms with Gasteiger partial charge in [-0.25, -0.2) is 13.1 Å². The van der Waals surface area contributed by atoms with Gasteiger partial charge in [0.25, 0.3) is 0 Å². The molecule has 0 aromatic heterocycles. The standard InChI is InChI=1S/C20H25N3O5S/c1-15(24)23-18-7-3-16(4-8-18)13-20(25)21-14-17-5-9-19(10-6-17)29(26,27)22-11-12-28-2/h3-10,22H,11-14H2,1-2H3,(H,21,25)(H,23,24). The highest BCUT2D eigenvalue weighted by atomic mass is 32.2. The van der Waals surface area contributed by atoms with Crippen molar-refractivity contribution < 1.29 is 22.7 Å². The number of nitrogens with one attached hydrogen (secondary N) is 3. The highest BCUT2D eigenvalue weighted by Gasteiger charge is 2.13. The first-order valence-electron chi connectivity index (χ1n) is 9.01. The molecule has 9 heteroatoms. The van der Waals surface area contributed by atoms with Crippen molar-refractivity contribution in [3.05, 3.63) is 59.7 Å². The summed E-state index contributed by atoms with van der Waals surface area (Å²) in [4.78, 5) is 23.3. The van der Waals surface area contributed by atoms with Gasteiger partial charge in [0.2, 0.25) is 21.8 Å². The van der Waals surface area contributed by atoms with Crippen LogP contribution < -0.4 is 15.4 Å². The van der Waals surface area contributed by atoms with E-state index in [0.717, 1.165) is 11.1 Å². The molecule has 0 aliphatic rings. The summed E-state index contributed by atoms with van der Waals surface area (Å²) >= 11 is 0. The van der Waals surface area contributed by atoms with Gasteiger partial charge in [-0.05, 0) is 35.4 Å². The van der Waals surface area contributed by atoms with E-state index < -0.39 is 10.0 Å². The van der Waals surface area contributed by atoms with Gasteiger partial charge in [0, 0.05) is 32.8 Å². The van der Waals surface area contributed by atoms with Gasteiger partial charge in [0.05, 0.1) is 17.9 Å². The number of hydrogen-bond acceptors (Lipinski definition) is 5. The van der Waals surface area contributed by atoms with Gasteiger partial charge >= 0.3 is 0 Å². The first-order chi connectivity index (χ1) is 13.8. The Bertz CT molecular complexity index is 926. The van der Waals surface area contributed by atoms with E-state index in [1.54, 1.807) is 36.4 Å². The fraction of sp³-hybridized carbons (Fsp3) is 0.300. The lowest BCUT2D eigenvalue weighted by Gasteiger charge is -2.09. The molecule has 2 aromatic rings. The van der Waals surface area contributed by atoms with Crippen molar-refractivity contribution in [3.8, 4) is 0 Å². The number of rotatable bonds is 10. The van der Waals surface area contributed by atoms with Crippen LogP contribution in [0.25, 0.3) is 0 Å². The van der Waals surface area contributed by atoms with E-state index in [9.17, 15) is 18.0 Å². The van der Waals surface area contributed by atoms with Crippen LogP contribution >= 0.6 is 0 Å². The van der Waals surface area contributed by atoms with Crippen LogP contribution in [0.5, 0.6) is 0 Å². The average molecular weight is 420 g/mol. The summed E-state index contributed by atoms with van der Waals surface area (Å²) in [5.41, 5.74) is 2.28. The van der Waals surface area contributed by atoms with Gasteiger partial charge in [-0.2, -0.15) is 0 Å². The first-order valence-corrected chi connectivity index (χ1v) is 10.5. The molecule has 0 aliphatic heterocycles. The smallest absolute Gasteiger partial charge is 0.240 e. The lowest BCUT2D eigenvalue weighted by Crippen LogP contribution is -2.27. The molecule has 156 valence electrons. The summed E-state index contributed by atoms with van der Waals surface area (Å²) in [6.45, 7) is 2.21. The highest BCUT2D eigenvalue weighted by molar-refractivity contribution is 7.89. The van der Waals surface area contributed by atoms with Crippen LogP contribution in [-0.2, 0) is 37.3 Å². The predicted octanol–water partition coefficient (Wildman–Crippen LogP) is 1.43. The highest BCUT2D eigenvalue weighted by Crippen LogP contribution is 2.12. The molecule has 0 unspecified atom stereocenters. The van der Waals surface area contributed by atoms with Gasteiger partial charge in [0.15, 0.2) is 0 Å². The molecule has 2 rings (SSSR count). The Balaban J connectivity index is 1.84. The predicted molar refractivity (Wildman–Crippen MR) is 110 cm³/mol. The largest absolute Gasteiger partial charge is 0.383 e. The fourth-order valence-electron chi connectivity index (χ4n) is 2.51. The Morgan fingerprint density at radius 1 is 0.966 bits per heavy atom. The van der Waals surface area contributed by atoms with Crippen molar-refractivity contribution in [1.82, 2.24) is 10.0 Å². The topological polar surface area (TPSA) is 114 Å². The zero-order chi connectivity index (χ0) is 21.3. The zero-order valence-electron chi connectivity index (χ0n) is 16.4. The number of hydrogen-bond donors (Lipinski definition) is 3. The van der Waals surface area contributed by atoms with Crippen LogP contribution in [0, 0.1) is 0 Å². The van der Waals surface area contributed by atoms with Crippen molar-refractivity contribution in [2.75, 3.05) is 25.6 Å². The molecule has 0 saturated heterocycles. The lowest BCUT2D eigenvalue weighted by molar-refractivity contribution is -0.120. The molecule has 0 radical (unpaired) electrons. The van der Waals surface area contributed by atoms with E-state index in [1.807, 2.05) is 0 Å². The SMILES string of the molecule is COCCNS(=O)(=O)c1ccc(CNC(=O)Cc2ccc(NC(C)=O)cc2)cc1. The molecule has 0 aliphatic carbocycles. The summed E-state index contributed by atoms with van der Waals surface area (Å²) in [7, 11) is -2.08. The molecule has 0 bridgehead atoms. The maximum atomic E-state index is 12.1. The van der Waals surface area contributed by atoms with Crippen molar-refractivity contribution in [2.24, 2.45) is 0 Å². The number of benzene rings is 2. The molecule has 8 nitrogen and oxygen atoms in total. The minimum absolute atomic E-state index is 0.153. The second-order valence-electron chi connectivity index (χ2n) is 6.37. The van der Waals surface area contributed by atoms with E-state index in [0.29, 0.717) is 18.8 Å². The number of ether oxygens (including phenoxy) is 1. The van der Waals surface area contributed by atoms with E-state index in [-0.39, 0.29) is 29.7 Å². The van der Waals surface area contributed by atoms with Crippen LogP contribution in [0.4, 0.5) is 5.69 Å². The Labute approximate surface area is 170 Å². The molecule has 3 N–H and O–H groups in total. The van der Waals surface area contributed by atoms with Crippen LogP contribution in [0.3, 0.4) is 0 Å². The number of methoxy groups -OCH3 is 1. The monoisotopic (exact) mass is 419 g/mol. The van der Waals surface area contributed by atoms with E-state index in [4.69, 9.17) is 4.74 Å². The normalized spacial score (nSPS) is 11.1. The van der Waals surface area contributed by atoms with Gasteiger partial charge in [-0.15, -0.1) is 0 Å². The number of sulfonamides is 1. The quantitative estimate of drug-likeness (QED) is 0.504. The molecule has 29 heavy (non-hydrogen) atoms. The number of anilines is 1. The molecular weight excluding hydrogens is 394 g/mol. The maximum absolute atomic E-state index is 12.1. The third-order valence-electron chi connectivity index (χ3n) is 3.96. The summed E-state index contributed by atoms with van der Waals surface area (Å²) in [6.07, 6.45) is 0.205. The van der Waals surface area contributed by atoms with Crippen LogP contribution in [0.15, 0.2) is 53.4 Å². The molecule has 2 aromatic carbocycles. The van der Waals surface area contributed by atoms with Gasteiger partial charge in [-0.1, -0.05) is 24.3 Å². The van der Waals surface area contributed by atoms with Crippen molar-refractivity contribution >= 4 is 27.5 Å². The van der Waals surface area contributed by atoms with E-state index >= 15 is 0 Å². The summed E-state index contributed by atoms with van der Waals surface area (Å²) in [5, 5.41) is 5.47. The van der Waals surface area contributed by atoms with Gasteiger partial charge in [0.1, 0.15) is 0 Å². The van der Waals surface area contributed by atoms with Crippen molar-refractivity contribution in [2.45, 2.75) is 24.8 Å². The van der Waals surface area contributed by atoms with Crippen molar-refractivity contribution in [1.29, 1.82) is 0 Å². The second kappa shape index (κ2) is 10.7. The third kappa shape index (κ3) is 7.65. The fourth-order valence-corrected chi connectivity index (χ4v) is 3.52. The Kier molecular flexibility index (Phi) is 8.32. The summed E-state index contributed by atoms with van der Waals surface area (Å²) in [6, 6.07) is 13.4. The zero-order valence-corrected chi connectivity index (χ0v) is 17.2. The molecule has 0 atom stereocenters. The minimum atomic E-state index is -3.58. The Morgan fingerprint density at radius 2 is 1.59 bits per heavy atom. The van der Waals surface area contributed by atoms with E-state index in [1.165, 1.54) is 26.2 Å². The number of carbonyl (C=O) groups excluding carboxylic acids is 2. The Morgan fingerprint density at radius 3 is 2.17 bits per heavy atom. The molecule has 2 amide bonds. The van der Waals surface area contributed by atoms with E-state index in [2.05, 4.69) is 15.4 Å². The molecule has 0 saturated carbocycles. The summed E-state index contributed by atoms with van der Waals surface area (Å²) in [5.74, 6) is -0.310. The molecule has 0 heterocycles. The summed E-state index contributed by atoms with van der Waals surface area (Å²) < 4.78 is 31.5. The average Bonchev–Trinajstić information content (AvgIpc) is 2.68. The number of amides is 2. The Hall–Kier alpha value is -2.75. The minimum Gasteiger partial charge on any atom is -0.383 e. The third-order valence-corrected chi connectivity index (χ3v) is 5.44. The van der Waals surface area contributed by atoms with Crippen molar-refractivity contribution in [3.63, 3.8) is 0 Å². The van der Waals surface area contributed by atoms with Crippen LogP contribution in [-0.4, -0.2) is 40.5 Å². The molecule has 0 spiro atoms. The maximum Gasteiger partial charge on any atom is 0.240 e. The van der Waals surface area contributed by atoms with Gasteiger partial charge < -0.3 is 15.4 Å². The van der Waals surface area contributed by atoms with Crippen LogP contribution in [0.2, 0.25) is 0 Å². The molecule has 0 fully saturated rings. The first kappa shape index (κ1) is 22.5. The van der Waals surface area contributed by atoms with Gasteiger partial charge in [-0.3, -0.25) is 9.59 Å².